The average Bonchev–Trinajstić information content (AvgIpc) is 2.38. The lowest BCUT2D eigenvalue weighted by atomic mass is 10.1. The molecule has 1 aromatic heterocycles. The van der Waals surface area contributed by atoms with Gasteiger partial charge in [-0.2, -0.15) is 0 Å². The lowest BCUT2D eigenvalue weighted by Gasteiger charge is -2.04. The first-order chi connectivity index (χ1) is 9.10. The Bertz CT molecular complexity index is 656. The Morgan fingerprint density at radius 3 is 2.84 bits per heavy atom. The second-order valence-corrected chi connectivity index (χ2v) is 4.19. The van der Waals surface area contributed by atoms with Crippen LogP contribution in [0.5, 0.6) is 5.75 Å². The third kappa shape index (κ3) is 3.13. The first-order valence-electron chi connectivity index (χ1n) is 5.92. The van der Waals surface area contributed by atoms with Gasteiger partial charge in [0.2, 0.25) is 0 Å². The maximum Gasteiger partial charge on any atom is 0.303 e. The van der Waals surface area contributed by atoms with Gasteiger partial charge in [-0.15, -0.1) is 0 Å². The smallest absolute Gasteiger partial charge is 0.303 e. The van der Waals surface area contributed by atoms with Gasteiger partial charge in [-0.3, -0.25) is 9.59 Å². The van der Waals surface area contributed by atoms with Gasteiger partial charge >= 0.3 is 5.97 Å². The van der Waals surface area contributed by atoms with Crippen molar-refractivity contribution in [2.75, 3.05) is 7.11 Å². The summed E-state index contributed by atoms with van der Waals surface area (Å²) in [6.07, 6.45) is 0.938. The molecule has 1 heterocycles. The zero-order valence-electron chi connectivity index (χ0n) is 10.5. The Morgan fingerprint density at radius 1 is 1.37 bits per heavy atom. The lowest BCUT2D eigenvalue weighted by Crippen LogP contribution is -2.03. The summed E-state index contributed by atoms with van der Waals surface area (Å²) in [4.78, 5) is 22.4. The minimum atomic E-state index is -0.854. The van der Waals surface area contributed by atoms with E-state index < -0.39 is 5.97 Å². The van der Waals surface area contributed by atoms with Crippen LogP contribution in [0.15, 0.2) is 33.5 Å². The van der Waals surface area contributed by atoms with Crippen LogP contribution in [-0.4, -0.2) is 18.2 Å². The zero-order chi connectivity index (χ0) is 13.8. The maximum atomic E-state index is 11.9. The summed E-state index contributed by atoms with van der Waals surface area (Å²) in [5.41, 5.74) is 0.337. The molecule has 1 aromatic carbocycles. The molecule has 5 nitrogen and oxygen atoms in total. The number of methoxy groups -OCH3 is 1. The van der Waals surface area contributed by atoms with E-state index in [-0.39, 0.29) is 11.8 Å². The monoisotopic (exact) mass is 262 g/mol. The molecular formula is C14H14O5. The summed E-state index contributed by atoms with van der Waals surface area (Å²) in [6, 6.07) is 6.42. The van der Waals surface area contributed by atoms with E-state index in [1.807, 2.05) is 0 Å². The number of aliphatic carboxylic acids is 1. The number of hydrogen-bond donors (Lipinski definition) is 1. The predicted molar refractivity (Wildman–Crippen MR) is 69.6 cm³/mol. The normalized spacial score (nSPS) is 10.6. The van der Waals surface area contributed by atoms with Crippen LogP contribution in [0.1, 0.15) is 18.6 Å². The van der Waals surface area contributed by atoms with Crippen molar-refractivity contribution in [3.63, 3.8) is 0 Å². The highest BCUT2D eigenvalue weighted by Crippen LogP contribution is 2.19. The number of aryl methyl sites for hydroxylation is 1. The van der Waals surface area contributed by atoms with Crippen LogP contribution < -0.4 is 10.2 Å². The number of benzene rings is 1. The van der Waals surface area contributed by atoms with Crippen molar-refractivity contribution in [1.82, 2.24) is 0 Å². The first kappa shape index (κ1) is 13.1. The molecule has 0 spiro atoms. The molecule has 1 N–H and O–H groups in total. The Hall–Kier alpha value is -2.30. The molecule has 0 aliphatic heterocycles. The second-order valence-electron chi connectivity index (χ2n) is 4.19. The Labute approximate surface area is 109 Å². The minimum absolute atomic E-state index is 0.0599. The number of rotatable bonds is 5. The Kier molecular flexibility index (Phi) is 3.85. The number of carboxylic acids is 1. The van der Waals surface area contributed by atoms with Gasteiger partial charge in [-0.05, 0) is 24.6 Å². The number of fused-ring (bicyclic) bond motifs is 1. The fraction of sp³-hybridized carbons (Fsp3) is 0.286. The highest BCUT2D eigenvalue weighted by Gasteiger charge is 2.07. The van der Waals surface area contributed by atoms with E-state index in [0.29, 0.717) is 35.3 Å². The van der Waals surface area contributed by atoms with Crippen LogP contribution >= 0.6 is 0 Å². The topological polar surface area (TPSA) is 76.7 Å². The average molecular weight is 262 g/mol. The van der Waals surface area contributed by atoms with Crippen LogP contribution in [0.25, 0.3) is 11.0 Å². The van der Waals surface area contributed by atoms with Crippen molar-refractivity contribution in [3.8, 4) is 5.75 Å². The molecule has 19 heavy (non-hydrogen) atoms. The minimum Gasteiger partial charge on any atom is -0.497 e. The van der Waals surface area contributed by atoms with Crippen molar-refractivity contribution in [3.05, 3.63) is 40.2 Å². The number of carbonyl (C=O) groups is 1. The molecular weight excluding hydrogens is 248 g/mol. The highest BCUT2D eigenvalue weighted by atomic mass is 16.5. The Morgan fingerprint density at radius 2 is 2.16 bits per heavy atom. The molecule has 2 aromatic rings. The predicted octanol–water partition coefficient (Wildman–Crippen LogP) is 2.21. The summed E-state index contributed by atoms with van der Waals surface area (Å²) < 4.78 is 10.6. The second kappa shape index (κ2) is 5.56. The van der Waals surface area contributed by atoms with Crippen molar-refractivity contribution < 1.29 is 19.1 Å². The fourth-order valence-electron chi connectivity index (χ4n) is 1.85. The third-order valence-corrected chi connectivity index (χ3v) is 2.80. The molecule has 5 heteroatoms. The third-order valence-electron chi connectivity index (χ3n) is 2.80. The molecule has 0 unspecified atom stereocenters. The molecule has 0 aliphatic rings. The molecule has 0 atom stereocenters. The molecule has 100 valence electrons. The van der Waals surface area contributed by atoms with E-state index in [9.17, 15) is 9.59 Å². The fourth-order valence-corrected chi connectivity index (χ4v) is 1.85. The molecule has 0 aliphatic carbocycles. The summed E-state index contributed by atoms with van der Waals surface area (Å²) in [6.45, 7) is 0. The van der Waals surface area contributed by atoms with Crippen LogP contribution in [0.3, 0.4) is 0 Å². The van der Waals surface area contributed by atoms with E-state index >= 15 is 0 Å². The van der Waals surface area contributed by atoms with Crippen LogP contribution in [-0.2, 0) is 11.2 Å². The van der Waals surface area contributed by atoms with Gasteiger partial charge in [0.05, 0.1) is 12.5 Å². The van der Waals surface area contributed by atoms with Crippen molar-refractivity contribution >= 4 is 16.9 Å². The summed E-state index contributed by atoms with van der Waals surface area (Å²) in [7, 11) is 1.53. The summed E-state index contributed by atoms with van der Waals surface area (Å²) in [5, 5.41) is 9.03. The quantitative estimate of drug-likeness (QED) is 0.893. The van der Waals surface area contributed by atoms with E-state index in [0.717, 1.165) is 0 Å². The van der Waals surface area contributed by atoms with Gasteiger partial charge in [0, 0.05) is 18.9 Å². The molecule has 0 amide bonds. The first-order valence-corrected chi connectivity index (χ1v) is 5.92. The summed E-state index contributed by atoms with van der Waals surface area (Å²) >= 11 is 0. The van der Waals surface area contributed by atoms with E-state index in [1.54, 1.807) is 18.2 Å². The maximum absolute atomic E-state index is 11.9. The van der Waals surface area contributed by atoms with Gasteiger partial charge < -0.3 is 14.3 Å². The number of ether oxygens (including phenoxy) is 1. The molecule has 0 bridgehead atoms. The Balaban J connectivity index is 2.29. The van der Waals surface area contributed by atoms with Gasteiger partial charge in [0.25, 0.3) is 0 Å². The van der Waals surface area contributed by atoms with Gasteiger partial charge in [0.1, 0.15) is 17.1 Å². The van der Waals surface area contributed by atoms with Crippen molar-refractivity contribution in [2.45, 2.75) is 19.3 Å². The molecule has 0 saturated carbocycles. The molecule has 0 radical (unpaired) electrons. The van der Waals surface area contributed by atoms with Crippen molar-refractivity contribution in [1.29, 1.82) is 0 Å². The van der Waals surface area contributed by atoms with Crippen molar-refractivity contribution in [2.24, 2.45) is 0 Å². The van der Waals surface area contributed by atoms with E-state index in [1.165, 1.54) is 13.2 Å². The molecule has 0 fully saturated rings. The standard InChI is InChI=1S/C14H14O5/c1-18-9-5-6-13-11(7-9)12(15)8-10(19-13)3-2-4-14(16)17/h5-8H,2-4H2,1H3,(H,16,17). The largest absolute Gasteiger partial charge is 0.497 e. The molecule has 0 saturated heterocycles. The van der Waals surface area contributed by atoms with Crippen LogP contribution in [0.2, 0.25) is 0 Å². The number of hydrogen-bond acceptors (Lipinski definition) is 4. The molecule has 2 rings (SSSR count). The highest BCUT2D eigenvalue weighted by molar-refractivity contribution is 5.78. The van der Waals surface area contributed by atoms with E-state index in [4.69, 9.17) is 14.3 Å². The number of carboxylic acid groups (broad SMARTS) is 1. The van der Waals surface area contributed by atoms with Gasteiger partial charge in [-0.1, -0.05) is 0 Å². The lowest BCUT2D eigenvalue weighted by molar-refractivity contribution is -0.137. The van der Waals surface area contributed by atoms with Crippen LogP contribution in [0.4, 0.5) is 0 Å². The summed E-state index contributed by atoms with van der Waals surface area (Å²) in [5.74, 6) is 0.246. The van der Waals surface area contributed by atoms with E-state index in [2.05, 4.69) is 0 Å². The zero-order valence-corrected chi connectivity index (χ0v) is 10.5. The van der Waals surface area contributed by atoms with Gasteiger partial charge in [0.15, 0.2) is 5.43 Å². The van der Waals surface area contributed by atoms with Crippen LogP contribution in [0, 0.1) is 0 Å². The van der Waals surface area contributed by atoms with Gasteiger partial charge in [-0.25, -0.2) is 0 Å². The SMILES string of the molecule is COc1ccc2oc(CCCC(=O)O)cc(=O)c2c1.